The van der Waals surface area contributed by atoms with E-state index in [1.54, 1.807) is 0 Å². The van der Waals surface area contributed by atoms with Crippen molar-refractivity contribution in [3.63, 3.8) is 0 Å². The Kier molecular flexibility index (Phi) is 7.30. The molecule has 122 valence electrons. The van der Waals surface area contributed by atoms with Crippen LogP contribution in [0, 0.1) is 0 Å². The van der Waals surface area contributed by atoms with E-state index < -0.39 is 5.60 Å². The molecule has 0 aromatic rings. The van der Waals surface area contributed by atoms with Crippen molar-refractivity contribution in [1.29, 1.82) is 0 Å². The maximum absolute atomic E-state index is 11.3. The van der Waals surface area contributed by atoms with E-state index in [2.05, 4.69) is 5.32 Å². The molecule has 2 aliphatic rings. The van der Waals surface area contributed by atoms with Gasteiger partial charge in [-0.1, -0.05) is 12.8 Å². The Balaban J connectivity index is 0. The predicted molar refractivity (Wildman–Crippen MR) is 83.9 cm³/mol. The van der Waals surface area contributed by atoms with E-state index in [-0.39, 0.29) is 15.0 Å². The Morgan fingerprint density at radius 1 is 1.25 bits per heavy atom. The Bertz CT molecular complexity index is 287. The Labute approximate surface area is 125 Å². The summed E-state index contributed by atoms with van der Waals surface area (Å²) in [5, 5.41) is 2.79. The van der Waals surface area contributed by atoms with Crippen LogP contribution in [0.2, 0.25) is 0 Å². The SMILES string of the molecule is CC(C)(C)OC(=O)N[C@@H]1CCCOC1.NC1CCCC1.[HH].[HH]. The van der Waals surface area contributed by atoms with Crippen LogP contribution in [0.5, 0.6) is 0 Å². The molecule has 0 bridgehead atoms. The lowest BCUT2D eigenvalue weighted by molar-refractivity contribution is 0.0347. The zero-order valence-electron chi connectivity index (χ0n) is 13.1. The molecular weight excluding hydrogens is 256 g/mol. The average molecular weight is 290 g/mol. The second-order valence-corrected chi connectivity index (χ2v) is 6.60. The number of ether oxygens (including phenoxy) is 2. The summed E-state index contributed by atoms with van der Waals surface area (Å²) < 4.78 is 10.4. The van der Waals surface area contributed by atoms with Gasteiger partial charge in [0.1, 0.15) is 5.60 Å². The first-order valence-corrected chi connectivity index (χ1v) is 7.69. The molecule has 1 aliphatic heterocycles. The van der Waals surface area contributed by atoms with Crippen molar-refractivity contribution in [3.05, 3.63) is 0 Å². The molecule has 0 aromatic heterocycles. The minimum atomic E-state index is -0.431. The number of rotatable bonds is 1. The minimum absolute atomic E-state index is 0. The van der Waals surface area contributed by atoms with Crippen LogP contribution in [0.1, 0.15) is 62.1 Å². The summed E-state index contributed by atoms with van der Waals surface area (Å²) in [6.45, 7) is 6.95. The van der Waals surface area contributed by atoms with Crippen molar-refractivity contribution in [2.75, 3.05) is 13.2 Å². The molecule has 0 aromatic carbocycles. The molecule has 5 nitrogen and oxygen atoms in total. The number of carbonyl (C=O) groups excluding carboxylic acids is 1. The summed E-state index contributed by atoms with van der Waals surface area (Å²) in [5.41, 5.74) is 5.10. The van der Waals surface area contributed by atoms with Gasteiger partial charge in [-0.2, -0.15) is 0 Å². The van der Waals surface area contributed by atoms with Crippen LogP contribution in [0.15, 0.2) is 0 Å². The van der Waals surface area contributed by atoms with Crippen molar-refractivity contribution >= 4 is 6.09 Å². The van der Waals surface area contributed by atoms with Gasteiger partial charge in [0.15, 0.2) is 0 Å². The van der Waals surface area contributed by atoms with Gasteiger partial charge >= 0.3 is 6.09 Å². The number of carbonyl (C=O) groups is 1. The highest BCUT2D eigenvalue weighted by molar-refractivity contribution is 5.68. The maximum atomic E-state index is 11.3. The van der Waals surface area contributed by atoms with Crippen molar-refractivity contribution in [2.45, 2.75) is 77.0 Å². The van der Waals surface area contributed by atoms with Crippen LogP contribution in [0.3, 0.4) is 0 Å². The third-order valence-electron chi connectivity index (χ3n) is 3.28. The van der Waals surface area contributed by atoms with Gasteiger partial charge in [0.25, 0.3) is 0 Å². The molecule has 2 rings (SSSR count). The minimum Gasteiger partial charge on any atom is -0.444 e. The normalized spacial score (nSPS) is 23.7. The maximum Gasteiger partial charge on any atom is 0.407 e. The molecule has 1 saturated heterocycles. The van der Waals surface area contributed by atoms with E-state index in [1.807, 2.05) is 20.8 Å². The summed E-state index contributed by atoms with van der Waals surface area (Å²) in [5.74, 6) is 0. The van der Waals surface area contributed by atoms with Gasteiger partial charge in [0.2, 0.25) is 0 Å². The molecule has 20 heavy (non-hydrogen) atoms. The number of amides is 1. The first kappa shape index (κ1) is 17.2. The van der Waals surface area contributed by atoms with Gasteiger partial charge in [-0.25, -0.2) is 4.79 Å². The second-order valence-electron chi connectivity index (χ2n) is 6.60. The number of nitrogens with one attached hydrogen (secondary N) is 1. The zero-order chi connectivity index (χ0) is 15.0. The van der Waals surface area contributed by atoms with Crippen LogP contribution in [-0.2, 0) is 9.47 Å². The number of alkyl carbamates (subject to hydrolysis) is 1. The average Bonchev–Trinajstić information content (AvgIpc) is 2.80. The lowest BCUT2D eigenvalue weighted by atomic mass is 10.1. The van der Waals surface area contributed by atoms with Crippen molar-refractivity contribution < 1.29 is 17.1 Å². The molecule has 1 aliphatic carbocycles. The van der Waals surface area contributed by atoms with E-state index >= 15 is 0 Å². The summed E-state index contributed by atoms with van der Waals surface area (Å²) >= 11 is 0. The highest BCUT2D eigenvalue weighted by Gasteiger charge is 2.20. The Hall–Kier alpha value is -0.810. The van der Waals surface area contributed by atoms with Gasteiger partial charge in [0, 0.05) is 15.5 Å². The smallest absolute Gasteiger partial charge is 0.407 e. The van der Waals surface area contributed by atoms with Crippen molar-refractivity contribution in [1.82, 2.24) is 5.32 Å². The van der Waals surface area contributed by atoms with Gasteiger partial charge in [-0.15, -0.1) is 0 Å². The predicted octanol–water partition coefficient (Wildman–Crippen LogP) is 3.07. The van der Waals surface area contributed by atoms with Gasteiger partial charge in [-0.3, -0.25) is 0 Å². The molecule has 5 heteroatoms. The van der Waals surface area contributed by atoms with E-state index in [0.717, 1.165) is 19.4 Å². The third kappa shape index (κ3) is 8.38. The molecule has 0 spiro atoms. The lowest BCUT2D eigenvalue weighted by Gasteiger charge is -2.25. The number of hydrogen-bond donors (Lipinski definition) is 2. The summed E-state index contributed by atoms with van der Waals surface area (Å²) in [6.07, 6.45) is 6.87. The van der Waals surface area contributed by atoms with E-state index in [1.165, 1.54) is 25.7 Å². The van der Waals surface area contributed by atoms with Crippen LogP contribution in [0.25, 0.3) is 0 Å². The van der Waals surface area contributed by atoms with Gasteiger partial charge in [0.05, 0.1) is 12.6 Å². The highest BCUT2D eigenvalue weighted by Crippen LogP contribution is 2.14. The first-order valence-electron chi connectivity index (χ1n) is 7.69. The summed E-state index contributed by atoms with van der Waals surface area (Å²) in [7, 11) is 0. The largest absolute Gasteiger partial charge is 0.444 e. The lowest BCUT2D eigenvalue weighted by Crippen LogP contribution is -2.43. The monoisotopic (exact) mass is 290 g/mol. The molecular formula is C15H34N2O3. The molecule has 0 radical (unpaired) electrons. The van der Waals surface area contributed by atoms with Crippen LogP contribution in [0.4, 0.5) is 4.79 Å². The van der Waals surface area contributed by atoms with E-state index in [0.29, 0.717) is 12.6 Å². The quantitative estimate of drug-likeness (QED) is 0.778. The van der Waals surface area contributed by atoms with E-state index in [9.17, 15) is 4.79 Å². The van der Waals surface area contributed by atoms with Crippen molar-refractivity contribution in [3.8, 4) is 0 Å². The second kappa shape index (κ2) is 8.47. The molecule has 1 atom stereocenters. The first-order chi connectivity index (χ1) is 9.37. The number of hydrogen-bond acceptors (Lipinski definition) is 4. The summed E-state index contributed by atoms with van der Waals surface area (Å²) in [6, 6.07) is 0.656. The van der Waals surface area contributed by atoms with Crippen molar-refractivity contribution in [2.24, 2.45) is 5.73 Å². The molecule has 2 fully saturated rings. The molecule has 3 N–H and O–H groups in total. The van der Waals surface area contributed by atoms with E-state index in [4.69, 9.17) is 15.2 Å². The fourth-order valence-corrected chi connectivity index (χ4v) is 2.29. The fourth-order valence-electron chi connectivity index (χ4n) is 2.29. The molecule has 0 unspecified atom stereocenters. The fraction of sp³-hybridized carbons (Fsp3) is 0.933. The van der Waals surface area contributed by atoms with Crippen LogP contribution in [-0.4, -0.2) is 37.0 Å². The van der Waals surface area contributed by atoms with Crippen LogP contribution >= 0.6 is 0 Å². The standard InChI is InChI=1S/C10H19NO3.C5H11N.2H2/c1-10(2,3)14-9(12)11-8-5-4-6-13-7-8;6-5-3-1-2-4-5;;/h8H,4-7H2,1-3H3,(H,11,12);5H,1-4,6H2;2*1H/t8-;;;/m1.../s1. The van der Waals surface area contributed by atoms with Crippen LogP contribution < -0.4 is 11.1 Å². The third-order valence-corrected chi connectivity index (χ3v) is 3.28. The van der Waals surface area contributed by atoms with Gasteiger partial charge in [-0.05, 0) is 46.5 Å². The molecule has 1 saturated carbocycles. The van der Waals surface area contributed by atoms with Gasteiger partial charge < -0.3 is 20.5 Å². The topological polar surface area (TPSA) is 73.6 Å². The zero-order valence-corrected chi connectivity index (χ0v) is 13.1. The Morgan fingerprint density at radius 2 is 1.90 bits per heavy atom. The number of nitrogens with two attached hydrogens (primary N) is 1. The molecule has 1 amide bonds. The Morgan fingerprint density at radius 3 is 2.30 bits per heavy atom. The summed E-state index contributed by atoms with van der Waals surface area (Å²) in [4.78, 5) is 11.3. The molecule has 1 heterocycles. The highest BCUT2D eigenvalue weighted by atomic mass is 16.6.